The van der Waals surface area contributed by atoms with Gasteiger partial charge in [0.25, 0.3) is 5.91 Å². The van der Waals surface area contributed by atoms with Gasteiger partial charge in [-0.05, 0) is 36.4 Å². The van der Waals surface area contributed by atoms with Crippen LogP contribution in [0.2, 0.25) is 0 Å². The molecule has 2 aromatic carbocycles. The second-order valence-electron chi connectivity index (χ2n) is 6.37. The predicted octanol–water partition coefficient (Wildman–Crippen LogP) is 1.55. The molecular formula is C20H21N3O5. The smallest absolute Gasteiger partial charge is 0.262 e. The molecule has 0 saturated carbocycles. The van der Waals surface area contributed by atoms with Crippen LogP contribution in [0, 0.1) is 5.92 Å². The number of ether oxygens (including phenoxy) is 2. The van der Waals surface area contributed by atoms with Gasteiger partial charge in [0, 0.05) is 30.4 Å². The maximum Gasteiger partial charge on any atom is 0.262 e. The Morgan fingerprint density at radius 1 is 1.18 bits per heavy atom. The van der Waals surface area contributed by atoms with E-state index in [1.165, 1.54) is 4.90 Å². The maximum absolute atomic E-state index is 12.0. The largest absolute Gasteiger partial charge is 0.497 e. The van der Waals surface area contributed by atoms with Crippen molar-refractivity contribution in [3.63, 3.8) is 0 Å². The zero-order valence-electron chi connectivity index (χ0n) is 15.4. The first-order chi connectivity index (χ1) is 13.5. The average molecular weight is 383 g/mol. The summed E-state index contributed by atoms with van der Waals surface area (Å²) in [5, 5.41) is 2.72. The van der Waals surface area contributed by atoms with Crippen molar-refractivity contribution in [1.82, 2.24) is 0 Å². The average Bonchev–Trinajstić information content (AvgIpc) is 3.09. The lowest BCUT2D eigenvalue weighted by atomic mass is 10.1. The van der Waals surface area contributed by atoms with Gasteiger partial charge in [-0.2, -0.15) is 0 Å². The van der Waals surface area contributed by atoms with Crippen LogP contribution in [-0.4, -0.2) is 38.0 Å². The van der Waals surface area contributed by atoms with E-state index in [9.17, 15) is 14.4 Å². The molecule has 0 bridgehead atoms. The highest BCUT2D eigenvalue weighted by atomic mass is 16.5. The minimum Gasteiger partial charge on any atom is -0.497 e. The number of nitrogens with zero attached hydrogens (tertiary/aromatic N) is 1. The third-order valence-corrected chi connectivity index (χ3v) is 4.40. The number of carbonyl (C=O) groups excluding carboxylic acids is 3. The van der Waals surface area contributed by atoms with Crippen molar-refractivity contribution in [1.29, 1.82) is 0 Å². The number of primary amides is 1. The predicted molar refractivity (Wildman–Crippen MR) is 103 cm³/mol. The molecule has 1 aliphatic heterocycles. The maximum atomic E-state index is 12.0. The molecule has 8 heteroatoms. The van der Waals surface area contributed by atoms with Gasteiger partial charge in [0.15, 0.2) is 6.61 Å². The van der Waals surface area contributed by atoms with Crippen LogP contribution >= 0.6 is 0 Å². The van der Waals surface area contributed by atoms with E-state index < -0.39 is 11.8 Å². The summed E-state index contributed by atoms with van der Waals surface area (Å²) in [6.07, 6.45) is 0.123. The van der Waals surface area contributed by atoms with E-state index >= 15 is 0 Å². The molecule has 0 unspecified atom stereocenters. The minimum absolute atomic E-state index is 0.123. The standard InChI is InChI=1S/C20H21N3O5/c1-27-17-4-2-3-14(10-17)22-18(24)12-28-16-7-5-15(6-8-16)23-11-13(20(21)26)9-19(23)25/h2-8,10,13H,9,11-12H2,1H3,(H2,21,26)(H,22,24)/t13-/m0/s1. The van der Waals surface area contributed by atoms with Crippen molar-refractivity contribution >= 4 is 29.1 Å². The van der Waals surface area contributed by atoms with Crippen LogP contribution in [0.3, 0.4) is 0 Å². The van der Waals surface area contributed by atoms with Gasteiger partial charge in [0.2, 0.25) is 11.8 Å². The van der Waals surface area contributed by atoms with Gasteiger partial charge in [-0.15, -0.1) is 0 Å². The number of anilines is 2. The molecular weight excluding hydrogens is 362 g/mol. The van der Waals surface area contributed by atoms with E-state index in [1.54, 1.807) is 55.6 Å². The summed E-state index contributed by atoms with van der Waals surface area (Å²) in [4.78, 5) is 36.9. The normalized spacial score (nSPS) is 16.0. The van der Waals surface area contributed by atoms with Crippen LogP contribution in [0.15, 0.2) is 48.5 Å². The lowest BCUT2D eigenvalue weighted by molar-refractivity contribution is -0.123. The van der Waals surface area contributed by atoms with Crippen LogP contribution in [0.4, 0.5) is 11.4 Å². The van der Waals surface area contributed by atoms with Crippen molar-refractivity contribution in [2.24, 2.45) is 11.7 Å². The number of amides is 3. The Morgan fingerprint density at radius 3 is 2.57 bits per heavy atom. The molecule has 1 aliphatic rings. The number of carbonyl (C=O) groups is 3. The zero-order chi connectivity index (χ0) is 20.1. The van der Waals surface area contributed by atoms with Crippen LogP contribution < -0.4 is 25.4 Å². The van der Waals surface area contributed by atoms with Crippen LogP contribution in [0.1, 0.15) is 6.42 Å². The Kier molecular flexibility index (Phi) is 5.78. The van der Waals surface area contributed by atoms with Crippen molar-refractivity contribution in [2.45, 2.75) is 6.42 Å². The fourth-order valence-corrected chi connectivity index (χ4v) is 2.92. The Labute approximate surface area is 162 Å². The molecule has 3 rings (SSSR count). The Morgan fingerprint density at radius 2 is 1.93 bits per heavy atom. The molecule has 0 spiro atoms. The summed E-state index contributed by atoms with van der Waals surface area (Å²) >= 11 is 0. The fourth-order valence-electron chi connectivity index (χ4n) is 2.92. The first kappa shape index (κ1) is 19.2. The number of methoxy groups -OCH3 is 1. The first-order valence-corrected chi connectivity index (χ1v) is 8.72. The molecule has 1 atom stereocenters. The highest BCUT2D eigenvalue weighted by molar-refractivity contribution is 6.00. The topological polar surface area (TPSA) is 111 Å². The molecule has 1 saturated heterocycles. The third-order valence-electron chi connectivity index (χ3n) is 4.40. The summed E-state index contributed by atoms with van der Waals surface area (Å²) < 4.78 is 10.6. The van der Waals surface area contributed by atoms with Gasteiger partial charge in [0.05, 0.1) is 13.0 Å². The summed E-state index contributed by atoms with van der Waals surface area (Å²) in [6, 6.07) is 13.8. The van der Waals surface area contributed by atoms with Crippen LogP contribution in [0.5, 0.6) is 11.5 Å². The monoisotopic (exact) mass is 383 g/mol. The van der Waals surface area contributed by atoms with E-state index in [1.807, 2.05) is 0 Å². The Balaban J connectivity index is 1.53. The van der Waals surface area contributed by atoms with Crippen molar-refractivity contribution < 1.29 is 23.9 Å². The van der Waals surface area contributed by atoms with E-state index in [4.69, 9.17) is 15.2 Å². The van der Waals surface area contributed by atoms with Gasteiger partial charge in [-0.1, -0.05) is 6.07 Å². The SMILES string of the molecule is COc1cccc(NC(=O)COc2ccc(N3C[C@@H](C(N)=O)CC3=O)cc2)c1. The Hall–Kier alpha value is -3.55. The molecule has 3 N–H and O–H groups in total. The quantitative estimate of drug-likeness (QED) is 0.754. The number of nitrogens with two attached hydrogens (primary N) is 1. The lowest BCUT2D eigenvalue weighted by Crippen LogP contribution is -2.28. The molecule has 3 amide bonds. The molecule has 0 aromatic heterocycles. The molecule has 0 aliphatic carbocycles. The molecule has 146 valence electrons. The Bertz CT molecular complexity index is 882. The van der Waals surface area contributed by atoms with Crippen molar-refractivity contribution in [3.05, 3.63) is 48.5 Å². The second-order valence-corrected chi connectivity index (χ2v) is 6.37. The van der Waals surface area contributed by atoms with Gasteiger partial charge < -0.3 is 25.4 Å². The number of rotatable bonds is 7. The molecule has 0 radical (unpaired) electrons. The lowest BCUT2D eigenvalue weighted by Gasteiger charge is -2.16. The number of benzene rings is 2. The van der Waals surface area contributed by atoms with E-state index in [0.717, 1.165) is 0 Å². The molecule has 1 heterocycles. The highest BCUT2D eigenvalue weighted by Crippen LogP contribution is 2.26. The first-order valence-electron chi connectivity index (χ1n) is 8.72. The summed E-state index contributed by atoms with van der Waals surface area (Å²) in [6.45, 7) is 0.111. The van der Waals surface area contributed by atoms with Crippen molar-refractivity contribution in [2.75, 3.05) is 30.5 Å². The summed E-state index contributed by atoms with van der Waals surface area (Å²) in [5.74, 6) is -0.264. The molecule has 1 fully saturated rings. The molecule has 28 heavy (non-hydrogen) atoms. The highest BCUT2D eigenvalue weighted by Gasteiger charge is 2.33. The van der Waals surface area contributed by atoms with E-state index in [-0.39, 0.29) is 31.4 Å². The number of nitrogens with one attached hydrogen (secondary N) is 1. The van der Waals surface area contributed by atoms with Gasteiger partial charge in [-0.25, -0.2) is 0 Å². The van der Waals surface area contributed by atoms with Gasteiger partial charge in [0.1, 0.15) is 11.5 Å². The second kappa shape index (κ2) is 8.43. The summed E-state index contributed by atoms with van der Waals surface area (Å²) in [5.41, 5.74) is 6.55. The van der Waals surface area contributed by atoms with Crippen molar-refractivity contribution in [3.8, 4) is 11.5 Å². The van der Waals surface area contributed by atoms with Crippen LogP contribution in [0.25, 0.3) is 0 Å². The fraction of sp³-hybridized carbons (Fsp3) is 0.250. The van der Waals surface area contributed by atoms with Gasteiger partial charge in [-0.3, -0.25) is 14.4 Å². The number of hydrogen-bond acceptors (Lipinski definition) is 5. The molecule has 2 aromatic rings. The van der Waals surface area contributed by atoms with Gasteiger partial charge >= 0.3 is 0 Å². The van der Waals surface area contributed by atoms with E-state index in [2.05, 4.69) is 5.32 Å². The zero-order valence-corrected chi connectivity index (χ0v) is 15.4. The number of hydrogen-bond donors (Lipinski definition) is 2. The minimum atomic E-state index is -0.474. The third kappa shape index (κ3) is 4.59. The summed E-state index contributed by atoms with van der Waals surface area (Å²) in [7, 11) is 1.55. The van der Waals surface area contributed by atoms with E-state index in [0.29, 0.717) is 22.9 Å². The van der Waals surface area contributed by atoms with Crippen LogP contribution in [-0.2, 0) is 14.4 Å². The molecule has 8 nitrogen and oxygen atoms in total.